The highest BCUT2D eigenvalue weighted by Crippen LogP contribution is 1.98. The standard InChI is InChI=1S/C10H22N2O3/c1-3-15-9(8-14-2)5-7-12-10(13)4-6-11/h9H,3-8,11H2,1-2H3,(H,12,13). The summed E-state index contributed by atoms with van der Waals surface area (Å²) in [6.45, 7) is 4.15. The summed E-state index contributed by atoms with van der Waals surface area (Å²) in [6.07, 6.45) is 1.19. The van der Waals surface area contributed by atoms with Crippen LogP contribution in [-0.2, 0) is 14.3 Å². The van der Waals surface area contributed by atoms with Gasteiger partial charge in [-0.1, -0.05) is 0 Å². The Labute approximate surface area is 91.3 Å². The molecule has 0 aliphatic heterocycles. The zero-order valence-corrected chi connectivity index (χ0v) is 9.62. The predicted molar refractivity (Wildman–Crippen MR) is 58.6 cm³/mol. The first-order valence-electron chi connectivity index (χ1n) is 5.31. The second-order valence-electron chi connectivity index (χ2n) is 3.21. The Hall–Kier alpha value is -0.650. The molecule has 0 fully saturated rings. The number of nitrogens with one attached hydrogen (secondary N) is 1. The van der Waals surface area contributed by atoms with Crippen molar-refractivity contribution < 1.29 is 14.3 Å². The summed E-state index contributed by atoms with van der Waals surface area (Å²) in [5.74, 6) is -0.00911. The van der Waals surface area contributed by atoms with Crippen LogP contribution in [0, 0.1) is 0 Å². The molecule has 0 heterocycles. The van der Waals surface area contributed by atoms with Crippen LogP contribution in [0.15, 0.2) is 0 Å². The Morgan fingerprint density at radius 1 is 1.53 bits per heavy atom. The molecular formula is C10H22N2O3. The highest BCUT2D eigenvalue weighted by molar-refractivity contribution is 5.75. The molecule has 0 saturated heterocycles. The van der Waals surface area contributed by atoms with E-state index < -0.39 is 0 Å². The van der Waals surface area contributed by atoms with E-state index in [0.717, 1.165) is 6.42 Å². The number of carbonyl (C=O) groups is 1. The summed E-state index contributed by atoms with van der Waals surface area (Å²) in [5, 5.41) is 2.78. The molecule has 0 bridgehead atoms. The average molecular weight is 218 g/mol. The van der Waals surface area contributed by atoms with Gasteiger partial charge in [0, 0.05) is 33.2 Å². The van der Waals surface area contributed by atoms with Gasteiger partial charge in [0.2, 0.25) is 5.91 Å². The molecule has 1 amide bonds. The second kappa shape index (κ2) is 9.89. The number of carbonyl (C=O) groups excluding carboxylic acids is 1. The van der Waals surface area contributed by atoms with Crippen molar-refractivity contribution in [2.75, 3.05) is 33.4 Å². The lowest BCUT2D eigenvalue weighted by molar-refractivity contribution is -0.121. The van der Waals surface area contributed by atoms with Gasteiger partial charge in [0.1, 0.15) is 0 Å². The zero-order chi connectivity index (χ0) is 11.5. The third-order valence-corrected chi connectivity index (χ3v) is 1.91. The lowest BCUT2D eigenvalue weighted by atomic mass is 10.2. The van der Waals surface area contributed by atoms with E-state index in [0.29, 0.717) is 32.7 Å². The maximum absolute atomic E-state index is 11.1. The minimum Gasteiger partial charge on any atom is -0.382 e. The molecule has 15 heavy (non-hydrogen) atoms. The minimum atomic E-state index is -0.00911. The first kappa shape index (κ1) is 14.3. The number of rotatable bonds is 9. The first-order chi connectivity index (χ1) is 7.24. The Kier molecular flexibility index (Phi) is 9.46. The SMILES string of the molecule is CCOC(CCNC(=O)CCN)COC. The van der Waals surface area contributed by atoms with Crippen LogP contribution < -0.4 is 11.1 Å². The van der Waals surface area contributed by atoms with Crippen LogP contribution in [0.4, 0.5) is 0 Å². The summed E-state index contributed by atoms with van der Waals surface area (Å²) >= 11 is 0. The Bertz CT molecular complexity index is 159. The fraction of sp³-hybridized carbons (Fsp3) is 0.900. The maximum atomic E-state index is 11.1. The van der Waals surface area contributed by atoms with Crippen molar-refractivity contribution in [1.82, 2.24) is 5.32 Å². The van der Waals surface area contributed by atoms with Gasteiger partial charge in [-0.05, 0) is 13.3 Å². The largest absolute Gasteiger partial charge is 0.382 e. The van der Waals surface area contributed by atoms with Gasteiger partial charge in [0.25, 0.3) is 0 Å². The molecule has 0 aliphatic rings. The lowest BCUT2D eigenvalue weighted by Crippen LogP contribution is -2.30. The molecule has 0 saturated carbocycles. The minimum absolute atomic E-state index is 0.00911. The first-order valence-corrected chi connectivity index (χ1v) is 5.31. The highest BCUT2D eigenvalue weighted by Gasteiger charge is 2.08. The van der Waals surface area contributed by atoms with Crippen molar-refractivity contribution in [1.29, 1.82) is 0 Å². The van der Waals surface area contributed by atoms with E-state index in [1.807, 2.05) is 6.92 Å². The Morgan fingerprint density at radius 3 is 2.80 bits per heavy atom. The van der Waals surface area contributed by atoms with Gasteiger partial charge in [0.15, 0.2) is 0 Å². The molecule has 0 spiro atoms. The van der Waals surface area contributed by atoms with Gasteiger partial charge in [-0.2, -0.15) is 0 Å². The zero-order valence-electron chi connectivity index (χ0n) is 9.62. The van der Waals surface area contributed by atoms with Crippen molar-refractivity contribution in [3.05, 3.63) is 0 Å². The summed E-state index contributed by atoms with van der Waals surface area (Å²) < 4.78 is 10.4. The molecule has 0 aromatic rings. The normalized spacial score (nSPS) is 12.5. The monoisotopic (exact) mass is 218 g/mol. The molecule has 0 rings (SSSR count). The van der Waals surface area contributed by atoms with E-state index in [4.69, 9.17) is 15.2 Å². The fourth-order valence-electron chi connectivity index (χ4n) is 1.23. The molecule has 0 aromatic carbocycles. The number of hydrogen-bond acceptors (Lipinski definition) is 4. The van der Waals surface area contributed by atoms with E-state index in [1.54, 1.807) is 7.11 Å². The van der Waals surface area contributed by atoms with Gasteiger partial charge >= 0.3 is 0 Å². The second-order valence-corrected chi connectivity index (χ2v) is 3.21. The predicted octanol–water partition coefficient (Wildman–Crippen LogP) is -0.107. The summed E-state index contributed by atoms with van der Waals surface area (Å²) in [7, 11) is 1.64. The lowest BCUT2D eigenvalue weighted by Gasteiger charge is -2.16. The number of nitrogens with two attached hydrogens (primary N) is 1. The molecule has 1 atom stereocenters. The van der Waals surface area contributed by atoms with Crippen LogP contribution in [0.25, 0.3) is 0 Å². The molecule has 0 aliphatic carbocycles. The molecule has 5 nitrogen and oxygen atoms in total. The van der Waals surface area contributed by atoms with Crippen LogP contribution in [0.3, 0.4) is 0 Å². The van der Waals surface area contributed by atoms with Gasteiger partial charge in [-0.15, -0.1) is 0 Å². The van der Waals surface area contributed by atoms with Crippen molar-refractivity contribution >= 4 is 5.91 Å². The van der Waals surface area contributed by atoms with Crippen LogP contribution >= 0.6 is 0 Å². The van der Waals surface area contributed by atoms with Crippen LogP contribution in [0.5, 0.6) is 0 Å². The van der Waals surface area contributed by atoms with Crippen LogP contribution in [-0.4, -0.2) is 45.4 Å². The molecule has 5 heteroatoms. The van der Waals surface area contributed by atoms with Crippen LogP contribution in [0.1, 0.15) is 19.8 Å². The molecule has 90 valence electrons. The molecule has 0 aromatic heterocycles. The van der Waals surface area contributed by atoms with E-state index in [-0.39, 0.29) is 12.0 Å². The summed E-state index contributed by atoms with van der Waals surface area (Å²) in [4.78, 5) is 11.1. The fourth-order valence-corrected chi connectivity index (χ4v) is 1.23. The molecule has 3 N–H and O–H groups in total. The van der Waals surface area contributed by atoms with Gasteiger partial charge in [0.05, 0.1) is 12.7 Å². The third kappa shape index (κ3) is 8.35. The summed E-state index contributed by atoms with van der Waals surface area (Å²) in [6, 6.07) is 0. The van der Waals surface area contributed by atoms with E-state index in [2.05, 4.69) is 5.32 Å². The number of methoxy groups -OCH3 is 1. The van der Waals surface area contributed by atoms with E-state index >= 15 is 0 Å². The van der Waals surface area contributed by atoms with Crippen molar-refractivity contribution in [2.45, 2.75) is 25.9 Å². The van der Waals surface area contributed by atoms with Gasteiger partial charge < -0.3 is 20.5 Å². The van der Waals surface area contributed by atoms with Crippen LogP contribution in [0.2, 0.25) is 0 Å². The highest BCUT2D eigenvalue weighted by atomic mass is 16.5. The smallest absolute Gasteiger partial charge is 0.221 e. The molecule has 0 radical (unpaired) electrons. The Balaban J connectivity index is 3.55. The maximum Gasteiger partial charge on any atom is 0.221 e. The topological polar surface area (TPSA) is 73.6 Å². The number of ether oxygens (including phenoxy) is 2. The van der Waals surface area contributed by atoms with Crippen molar-refractivity contribution in [3.8, 4) is 0 Å². The quantitative estimate of drug-likeness (QED) is 0.566. The van der Waals surface area contributed by atoms with Gasteiger partial charge in [-0.3, -0.25) is 4.79 Å². The van der Waals surface area contributed by atoms with Crippen molar-refractivity contribution in [3.63, 3.8) is 0 Å². The Morgan fingerprint density at radius 2 is 2.27 bits per heavy atom. The molecular weight excluding hydrogens is 196 g/mol. The van der Waals surface area contributed by atoms with Gasteiger partial charge in [-0.25, -0.2) is 0 Å². The van der Waals surface area contributed by atoms with E-state index in [9.17, 15) is 4.79 Å². The average Bonchev–Trinajstić information content (AvgIpc) is 2.19. The number of hydrogen-bond donors (Lipinski definition) is 2. The molecule has 1 unspecified atom stereocenters. The third-order valence-electron chi connectivity index (χ3n) is 1.91. The van der Waals surface area contributed by atoms with E-state index in [1.165, 1.54) is 0 Å². The number of amides is 1. The summed E-state index contributed by atoms with van der Waals surface area (Å²) in [5.41, 5.74) is 5.25. The van der Waals surface area contributed by atoms with Crippen molar-refractivity contribution in [2.24, 2.45) is 5.73 Å².